The first kappa shape index (κ1) is 23.1. The highest BCUT2D eigenvalue weighted by atomic mass is 16.2. The highest BCUT2D eigenvalue weighted by molar-refractivity contribution is 5.94. The summed E-state index contributed by atoms with van der Waals surface area (Å²) in [6, 6.07) is 29.5. The number of pyridine rings is 1. The number of H-pyrrole nitrogens is 1. The molecule has 0 aliphatic carbocycles. The van der Waals surface area contributed by atoms with Gasteiger partial charge in [0.2, 0.25) is 0 Å². The molecule has 1 unspecified atom stereocenters. The fourth-order valence-electron chi connectivity index (χ4n) is 5.04. The summed E-state index contributed by atoms with van der Waals surface area (Å²) in [7, 11) is 0. The van der Waals surface area contributed by atoms with Gasteiger partial charge in [-0.1, -0.05) is 73.2 Å². The number of aromatic nitrogens is 1. The maximum absolute atomic E-state index is 13.8. The number of para-hydroxylation sites is 1. The summed E-state index contributed by atoms with van der Waals surface area (Å²) in [5.41, 5.74) is 3.09. The van der Waals surface area contributed by atoms with Crippen LogP contribution < -0.4 is 5.56 Å². The lowest BCUT2D eigenvalue weighted by molar-refractivity contribution is 0.0636. The van der Waals surface area contributed by atoms with Crippen molar-refractivity contribution >= 4 is 16.8 Å². The molecule has 0 radical (unpaired) electrons. The zero-order chi connectivity index (χ0) is 24.0. The standard InChI is InChI=1S/C30H31N3O2/c34-29-26(20-25-16-8-9-17-27(25)31-29)21-33(30(35)24-14-6-2-7-15-24)22-28(23-12-4-1-5-13-23)32-18-10-3-11-19-32/h1-2,4-9,12-17,20,28H,3,10-11,18-19,21-22H2,(H,31,34). The molecule has 1 atom stereocenters. The second-order valence-electron chi connectivity index (χ2n) is 9.29. The number of likely N-dealkylation sites (tertiary alicyclic amines) is 1. The molecular formula is C30H31N3O2. The molecule has 35 heavy (non-hydrogen) atoms. The average molecular weight is 466 g/mol. The van der Waals surface area contributed by atoms with Crippen molar-refractivity contribution in [2.24, 2.45) is 0 Å². The van der Waals surface area contributed by atoms with Gasteiger partial charge >= 0.3 is 0 Å². The Morgan fingerprint density at radius 2 is 1.51 bits per heavy atom. The quantitative estimate of drug-likeness (QED) is 0.398. The van der Waals surface area contributed by atoms with Crippen LogP contribution in [0.1, 0.15) is 46.8 Å². The maximum atomic E-state index is 13.8. The number of amides is 1. The van der Waals surface area contributed by atoms with Gasteiger partial charge in [0.1, 0.15) is 0 Å². The number of nitrogens with zero attached hydrogens (tertiary/aromatic N) is 2. The Bertz CT molecular complexity index is 1330. The summed E-state index contributed by atoms with van der Waals surface area (Å²) in [5, 5.41) is 0.963. The first-order chi connectivity index (χ1) is 17.2. The summed E-state index contributed by atoms with van der Waals surface area (Å²) in [6.45, 7) is 2.81. The maximum Gasteiger partial charge on any atom is 0.254 e. The van der Waals surface area contributed by atoms with Crippen LogP contribution >= 0.6 is 0 Å². The molecule has 178 valence electrons. The Hall–Kier alpha value is -3.70. The summed E-state index contributed by atoms with van der Waals surface area (Å²) in [5.74, 6) is -0.0592. The van der Waals surface area contributed by atoms with Gasteiger partial charge in [0.05, 0.1) is 12.6 Å². The van der Waals surface area contributed by atoms with Gasteiger partial charge in [0, 0.05) is 23.2 Å². The van der Waals surface area contributed by atoms with Gasteiger partial charge in [-0.3, -0.25) is 14.5 Å². The number of hydrogen-bond acceptors (Lipinski definition) is 3. The van der Waals surface area contributed by atoms with Gasteiger partial charge in [-0.05, 0) is 61.1 Å². The van der Waals surface area contributed by atoms with Crippen LogP contribution in [0.3, 0.4) is 0 Å². The molecule has 1 amide bonds. The van der Waals surface area contributed by atoms with E-state index >= 15 is 0 Å². The van der Waals surface area contributed by atoms with Gasteiger partial charge in [-0.15, -0.1) is 0 Å². The van der Waals surface area contributed by atoms with Crippen molar-refractivity contribution in [2.45, 2.75) is 31.8 Å². The van der Waals surface area contributed by atoms with E-state index in [4.69, 9.17) is 0 Å². The van der Waals surface area contributed by atoms with Gasteiger partial charge in [0.25, 0.3) is 11.5 Å². The first-order valence-corrected chi connectivity index (χ1v) is 12.4. The second kappa shape index (κ2) is 10.7. The van der Waals surface area contributed by atoms with Crippen molar-refractivity contribution in [2.75, 3.05) is 19.6 Å². The Morgan fingerprint density at radius 1 is 0.857 bits per heavy atom. The van der Waals surface area contributed by atoms with E-state index in [2.05, 4.69) is 34.1 Å². The minimum absolute atomic E-state index is 0.0592. The van der Waals surface area contributed by atoms with Crippen molar-refractivity contribution in [1.29, 1.82) is 0 Å². The topological polar surface area (TPSA) is 56.4 Å². The van der Waals surface area contributed by atoms with Crippen molar-refractivity contribution in [3.63, 3.8) is 0 Å². The van der Waals surface area contributed by atoms with E-state index in [1.54, 1.807) is 0 Å². The number of rotatable bonds is 7. The average Bonchev–Trinajstić information content (AvgIpc) is 2.92. The number of hydrogen-bond donors (Lipinski definition) is 1. The lowest BCUT2D eigenvalue weighted by atomic mass is 10.0. The molecule has 1 aliphatic heterocycles. The Balaban J connectivity index is 1.52. The first-order valence-electron chi connectivity index (χ1n) is 12.4. The van der Waals surface area contributed by atoms with Crippen LogP contribution in [-0.2, 0) is 6.54 Å². The molecular weight excluding hydrogens is 434 g/mol. The van der Waals surface area contributed by atoms with Gasteiger partial charge in [-0.2, -0.15) is 0 Å². The highest BCUT2D eigenvalue weighted by Gasteiger charge is 2.28. The van der Waals surface area contributed by atoms with E-state index in [0.717, 1.165) is 24.0 Å². The minimum Gasteiger partial charge on any atom is -0.332 e. The summed E-state index contributed by atoms with van der Waals surface area (Å²) in [4.78, 5) is 34.1. The van der Waals surface area contributed by atoms with E-state index in [0.29, 0.717) is 17.7 Å². The normalized spacial score (nSPS) is 15.1. The number of piperidine rings is 1. The Labute approximate surface area is 206 Å². The SMILES string of the molecule is O=C(c1ccccc1)N(Cc1cc2ccccc2[nH]c1=O)CC(c1ccccc1)N1CCCCC1. The predicted molar refractivity (Wildman–Crippen MR) is 140 cm³/mol. The predicted octanol–water partition coefficient (Wildman–Crippen LogP) is 5.40. The van der Waals surface area contributed by atoms with E-state index in [1.165, 1.54) is 24.8 Å². The van der Waals surface area contributed by atoms with Crippen molar-refractivity contribution < 1.29 is 4.79 Å². The van der Waals surface area contributed by atoms with Crippen molar-refractivity contribution in [3.8, 4) is 0 Å². The van der Waals surface area contributed by atoms with Crippen LogP contribution in [0.4, 0.5) is 0 Å². The molecule has 2 heterocycles. The third kappa shape index (κ3) is 5.36. The van der Waals surface area contributed by atoms with Crippen molar-refractivity contribution in [3.05, 3.63) is 118 Å². The zero-order valence-corrected chi connectivity index (χ0v) is 19.9. The van der Waals surface area contributed by atoms with Crippen LogP contribution in [0.25, 0.3) is 10.9 Å². The number of benzene rings is 3. The Kier molecular flexibility index (Phi) is 7.05. The van der Waals surface area contributed by atoms with Crippen molar-refractivity contribution in [1.82, 2.24) is 14.8 Å². The molecule has 1 fully saturated rings. The molecule has 0 saturated carbocycles. The van der Waals surface area contributed by atoms with E-state index < -0.39 is 0 Å². The molecule has 1 aliphatic rings. The number of fused-ring (bicyclic) bond motifs is 1. The number of aromatic amines is 1. The van der Waals surface area contributed by atoms with Gasteiger partial charge < -0.3 is 9.88 Å². The molecule has 0 bridgehead atoms. The molecule has 1 saturated heterocycles. The van der Waals surface area contributed by atoms with Gasteiger partial charge in [0.15, 0.2) is 0 Å². The summed E-state index contributed by atoms with van der Waals surface area (Å²) >= 11 is 0. The van der Waals surface area contributed by atoms with Crippen LogP contribution in [0, 0.1) is 0 Å². The van der Waals surface area contributed by atoms with Crippen LogP contribution in [0.5, 0.6) is 0 Å². The molecule has 5 nitrogen and oxygen atoms in total. The zero-order valence-electron chi connectivity index (χ0n) is 19.9. The molecule has 5 rings (SSSR count). The number of nitrogens with one attached hydrogen (secondary N) is 1. The smallest absolute Gasteiger partial charge is 0.254 e. The van der Waals surface area contributed by atoms with Crippen LogP contribution in [-0.4, -0.2) is 40.3 Å². The third-order valence-corrected chi connectivity index (χ3v) is 6.91. The fourth-order valence-corrected chi connectivity index (χ4v) is 5.04. The summed E-state index contributed by atoms with van der Waals surface area (Å²) in [6.07, 6.45) is 3.58. The van der Waals surface area contributed by atoms with Crippen LogP contribution in [0.15, 0.2) is 95.8 Å². The number of carbonyl (C=O) groups excluding carboxylic acids is 1. The molecule has 1 N–H and O–H groups in total. The summed E-state index contributed by atoms with van der Waals surface area (Å²) < 4.78 is 0. The second-order valence-corrected chi connectivity index (χ2v) is 9.29. The largest absolute Gasteiger partial charge is 0.332 e. The monoisotopic (exact) mass is 465 g/mol. The van der Waals surface area contributed by atoms with E-state index in [1.807, 2.05) is 71.6 Å². The molecule has 1 aromatic heterocycles. The third-order valence-electron chi connectivity index (χ3n) is 6.91. The highest BCUT2D eigenvalue weighted by Crippen LogP contribution is 2.27. The fraction of sp³-hybridized carbons (Fsp3) is 0.267. The minimum atomic E-state index is -0.149. The lowest BCUT2D eigenvalue weighted by Crippen LogP contribution is -2.43. The molecule has 3 aromatic carbocycles. The molecule has 4 aromatic rings. The molecule has 5 heteroatoms. The van der Waals surface area contributed by atoms with Crippen LogP contribution in [0.2, 0.25) is 0 Å². The Morgan fingerprint density at radius 3 is 2.26 bits per heavy atom. The number of carbonyl (C=O) groups is 1. The van der Waals surface area contributed by atoms with E-state index in [-0.39, 0.29) is 24.1 Å². The lowest BCUT2D eigenvalue weighted by Gasteiger charge is -2.38. The van der Waals surface area contributed by atoms with E-state index in [9.17, 15) is 9.59 Å². The van der Waals surface area contributed by atoms with Gasteiger partial charge in [-0.25, -0.2) is 0 Å². The molecule has 0 spiro atoms.